The van der Waals surface area contributed by atoms with Crippen LogP contribution in [0, 0.1) is 13.8 Å². The van der Waals surface area contributed by atoms with Crippen molar-refractivity contribution >= 4 is 17.5 Å². The first-order chi connectivity index (χ1) is 11.9. The van der Waals surface area contributed by atoms with Crippen LogP contribution in [0.15, 0.2) is 24.4 Å². The van der Waals surface area contributed by atoms with E-state index in [1.165, 1.54) is 20.4 Å². The van der Waals surface area contributed by atoms with E-state index in [2.05, 4.69) is 20.6 Å². The molecule has 0 radical (unpaired) electrons. The molecule has 0 aliphatic carbocycles. The van der Waals surface area contributed by atoms with Crippen LogP contribution >= 0.6 is 0 Å². The Morgan fingerprint density at radius 1 is 1.12 bits per heavy atom. The van der Waals surface area contributed by atoms with Crippen LogP contribution in [0.2, 0.25) is 0 Å². The summed E-state index contributed by atoms with van der Waals surface area (Å²) in [6, 6.07) is 5.06. The average Bonchev–Trinajstić information content (AvgIpc) is 2.60. The molecule has 0 saturated carbocycles. The molecule has 2 heterocycles. The highest BCUT2D eigenvalue weighted by Crippen LogP contribution is 2.20. The minimum absolute atomic E-state index is 0.134. The SMILES string of the molecule is COc1ccc(NC(=O)C(=O)NCc2c(C)cc(C)nc2OC)cn1. The molecular weight excluding hydrogens is 324 g/mol. The molecule has 0 aromatic carbocycles. The molecular formula is C17H20N4O4. The van der Waals surface area contributed by atoms with Gasteiger partial charge in [-0.25, -0.2) is 9.97 Å². The minimum atomic E-state index is -0.788. The van der Waals surface area contributed by atoms with Crippen LogP contribution < -0.4 is 20.1 Å². The van der Waals surface area contributed by atoms with Crippen molar-refractivity contribution in [3.63, 3.8) is 0 Å². The summed E-state index contributed by atoms with van der Waals surface area (Å²) in [7, 11) is 3.00. The zero-order chi connectivity index (χ0) is 18.4. The van der Waals surface area contributed by atoms with Gasteiger partial charge in [-0.1, -0.05) is 0 Å². The van der Waals surface area contributed by atoms with Crippen LogP contribution in [-0.4, -0.2) is 36.0 Å². The number of anilines is 1. The third-order valence-electron chi connectivity index (χ3n) is 3.47. The lowest BCUT2D eigenvalue weighted by Crippen LogP contribution is -2.35. The first-order valence-electron chi connectivity index (χ1n) is 7.55. The molecule has 0 aliphatic heterocycles. The lowest BCUT2D eigenvalue weighted by Gasteiger charge is -2.12. The van der Waals surface area contributed by atoms with Gasteiger partial charge in [0.05, 0.1) is 26.1 Å². The maximum absolute atomic E-state index is 12.0. The number of nitrogens with zero attached hydrogens (tertiary/aromatic N) is 2. The number of rotatable bonds is 5. The van der Waals surface area contributed by atoms with E-state index in [0.717, 1.165) is 16.8 Å². The summed E-state index contributed by atoms with van der Waals surface area (Å²) in [5.74, 6) is -0.712. The summed E-state index contributed by atoms with van der Waals surface area (Å²) >= 11 is 0. The normalized spacial score (nSPS) is 10.1. The molecule has 0 unspecified atom stereocenters. The largest absolute Gasteiger partial charge is 0.481 e. The van der Waals surface area contributed by atoms with Crippen molar-refractivity contribution in [3.05, 3.63) is 41.2 Å². The number of hydrogen-bond acceptors (Lipinski definition) is 6. The third kappa shape index (κ3) is 4.66. The zero-order valence-corrected chi connectivity index (χ0v) is 14.5. The molecule has 2 N–H and O–H groups in total. The topological polar surface area (TPSA) is 102 Å². The third-order valence-corrected chi connectivity index (χ3v) is 3.47. The van der Waals surface area contributed by atoms with E-state index in [1.807, 2.05) is 19.9 Å². The number of aromatic nitrogens is 2. The Bertz CT molecular complexity index is 775. The van der Waals surface area contributed by atoms with Crippen molar-refractivity contribution in [1.82, 2.24) is 15.3 Å². The van der Waals surface area contributed by atoms with Gasteiger partial charge in [0, 0.05) is 23.9 Å². The van der Waals surface area contributed by atoms with E-state index in [4.69, 9.17) is 9.47 Å². The van der Waals surface area contributed by atoms with E-state index in [9.17, 15) is 9.59 Å². The van der Waals surface area contributed by atoms with Crippen LogP contribution in [0.5, 0.6) is 11.8 Å². The predicted molar refractivity (Wildman–Crippen MR) is 91.5 cm³/mol. The number of carbonyl (C=O) groups excluding carboxylic acids is 2. The van der Waals surface area contributed by atoms with Crippen LogP contribution in [0.25, 0.3) is 0 Å². The minimum Gasteiger partial charge on any atom is -0.481 e. The van der Waals surface area contributed by atoms with Gasteiger partial charge >= 0.3 is 11.8 Å². The summed E-state index contributed by atoms with van der Waals surface area (Å²) in [6.45, 7) is 3.88. The van der Waals surface area contributed by atoms with E-state index in [0.29, 0.717) is 17.4 Å². The summed E-state index contributed by atoms with van der Waals surface area (Å²) in [5, 5.41) is 5.03. The van der Waals surface area contributed by atoms with Gasteiger partial charge in [0.25, 0.3) is 0 Å². The second-order valence-corrected chi connectivity index (χ2v) is 5.29. The van der Waals surface area contributed by atoms with Gasteiger partial charge in [-0.3, -0.25) is 9.59 Å². The summed E-state index contributed by atoms with van der Waals surface area (Å²) in [6.07, 6.45) is 1.40. The Hall–Kier alpha value is -3.16. The fraction of sp³-hybridized carbons (Fsp3) is 0.294. The number of carbonyl (C=O) groups is 2. The van der Waals surface area contributed by atoms with Crippen molar-refractivity contribution in [2.45, 2.75) is 20.4 Å². The quantitative estimate of drug-likeness (QED) is 0.794. The molecule has 2 rings (SSSR count). The summed E-state index contributed by atoms with van der Waals surface area (Å²) < 4.78 is 10.2. The molecule has 2 aromatic heterocycles. The summed E-state index contributed by atoms with van der Waals surface area (Å²) in [4.78, 5) is 32.2. The molecule has 8 nitrogen and oxygen atoms in total. The van der Waals surface area contributed by atoms with E-state index in [1.54, 1.807) is 12.1 Å². The van der Waals surface area contributed by atoms with Gasteiger partial charge in [-0.2, -0.15) is 0 Å². The molecule has 0 spiro atoms. The van der Waals surface area contributed by atoms with Crippen LogP contribution in [0.1, 0.15) is 16.8 Å². The molecule has 132 valence electrons. The Labute approximate surface area is 145 Å². The molecule has 2 aromatic rings. The molecule has 8 heteroatoms. The van der Waals surface area contributed by atoms with E-state index >= 15 is 0 Å². The van der Waals surface area contributed by atoms with Crippen molar-refractivity contribution < 1.29 is 19.1 Å². The van der Waals surface area contributed by atoms with Gasteiger partial charge in [-0.15, -0.1) is 0 Å². The van der Waals surface area contributed by atoms with Gasteiger partial charge < -0.3 is 20.1 Å². The lowest BCUT2D eigenvalue weighted by molar-refractivity contribution is -0.136. The fourth-order valence-corrected chi connectivity index (χ4v) is 2.22. The Kier molecular flexibility index (Phi) is 5.89. The van der Waals surface area contributed by atoms with Crippen LogP contribution in [0.4, 0.5) is 5.69 Å². The van der Waals surface area contributed by atoms with Gasteiger partial charge in [-0.05, 0) is 31.5 Å². The maximum atomic E-state index is 12.0. The maximum Gasteiger partial charge on any atom is 0.313 e. The van der Waals surface area contributed by atoms with E-state index < -0.39 is 11.8 Å². The Morgan fingerprint density at radius 3 is 2.48 bits per heavy atom. The van der Waals surface area contributed by atoms with Gasteiger partial charge in [0.15, 0.2) is 0 Å². The highest BCUT2D eigenvalue weighted by molar-refractivity contribution is 6.39. The van der Waals surface area contributed by atoms with Crippen molar-refractivity contribution in [1.29, 1.82) is 0 Å². The first-order valence-corrected chi connectivity index (χ1v) is 7.55. The van der Waals surface area contributed by atoms with E-state index in [-0.39, 0.29) is 6.54 Å². The van der Waals surface area contributed by atoms with Crippen molar-refractivity contribution in [2.24, 2.45) is 0 Å². The Morgan fingerprint density at radius 2 is 1.88 bits per heavy atom. The highest BCUT2D eigenvalue weighted by Gasteiger charge is 2.16. The molecule has 0 atom stereocenters. The van der Waals surface area contributed by atoms with Crippen LogP contribution in [-0.2, 0) is 16.1 Å². The number of pyridine rings is 2. The highest BCUT2D eigenvalue weighted by atomic mass is 16.5. The number of aryl methyl sites for hydroxylation is 2. The number of hydrogen-bond donors (Lipinski definition) is 2. The Balaban J connectivity index is 1.98. The molecule has 2 amide bonds. The molecule has 0 bridgehead atoms. The fourth-order valence-electron chi connectivity index (χ4n) is 2.22. The lowest BCUT2D eigenvalue weighted by atomic mass is 10.1. The molecule has 0 saturated heterocycles. The van der Waals surface area contributed by atoms with Crippen molar-refractivity contribution in [2.75, 3.05) is 19.5 Å². The van der Waals surface area contributed by atoms with Crippen LogP contribution in [0.3, 0.4) is 0 Å². The predicted octanol–water partition coefficient (Wildman–Crippen LogP) is 1.37. The second kappa shape index (κ2) is 8.09. The monoisotopic (exact) mass is 344 g/mol. The molecule has 25 heavy (non-hydrogen) atoms. The number of methoxy groups -OCH3 is 2. The smallest absolute Gasteiger partial charge is 0.313 e. The first kappa shape index (κ1) is 18.2. The van der Waals surface area contributed by atoms with Gasteiger partial charge in [0.1, 0.15) is 0 Å². The average molecular weight is 344 g/mol. The summed E-state index contributed by atoms with van der Waals surface area (Å²) in [5.41, 5.74) is 2.85. The molecule has 0 fully saturated rings. The van der Waals surface area contributed by atoms with Gasteiger partial charge in [0.2, 0.25) is 11.8 Å². The number of amides is 2. The standard InChI is InChI=1S/C17H20N4O4/c1-10-7-11(2)20-17(25-4)13(10)9-19-15(22)16(23)21-12-5-6-14(24-3)18-8-12/h5-8H,9H2,1-4H3,(H,19,22)(H,21,23). The number of ether oxygens (including phenoxy) is 2. The van der Waals surface area contributed by atoms with Crippen molar-refractivity contribution in [3.8, 4) is 11.8 Å². The number of nitrogens with one attached hydrogen (secondary N) is 2. The second-order valence-electron chi connectivity index (χ2n) is 5.29. The zero-order valence-electron chi connectivity index (χ0n) is 14.5. The molecule has 0 aliphatic rings.